The van der Waals surface area contributed by atoms with Gasteiger partial charge in [-0.3, -0.25) is 0 Å². The molecule has 74 valence electrons. The van der Waals surface area contributed by atoms with Crippen LogP contribution in [0.5, 0.6) is 0 Å². The smallest absolute Gasteiger partial charge is 0.142 e. The van der Waals surface area contributed by atoms with Crippen LogP contribution >= 0.6 is 0 Å². The Morgan fingerprint density at radius 1 is 1.50 bits per heavy atom. The minimum absolute atomic E-state index is 0.263. The summed E-state index contributed by atoms with van der Waals surface area (Å²) in [4.78, 5) is 0. The van der Waals surface area contributed by atoms with Crippen molar-refractivity contribution in [3.8, 4) is 0 Å². The summed E-state index contributed by atoms with van der Waals surface area (Å²) in [6.07, 6.45) is 5.76. The minimum Gasteiger partial charge on any atom is -0.380 e. The van der Waals surface area contributed by atoms with Crippen molar-refractivity contribution in [2.45, 2.75) is 30.7 Å². The van der Waals surface area contributed by atoms with Gasteiger partial charge in [0.25, 0.3) is 0 Å². The molecule has 2 unspecified atom stereocenters. The molecule has 0 radical (unpaired) electrons. The third-order valence-electron chi connectivity index (χ3n) is 3.87. The van der Waals surface area contributed by atoms with Crippen LogP contribution in [0.15, 0.2) is 6.33 Å². The second kappa shape index (κ2) is 2.19. The van der Waals surface area contributed by atoms with E-state index in [9.17, 15) is 0 Å². The third-order valence-corrected chi connectivity index (χ3v) is 3.87. The maximum Gasteiger partial charge on any atom is 0.142 e. The van der Waals surface area contributed by atoms with E-state index >= 15 is 0 Å². The van der Waals surface area contributed by atoms with Gasteiger partial charge in [-0.2, -0.15) is 0 Å². The van der Waals surface area contributed by atoms with Crippen molar-refractivity contribution in [1.82, 2.24) is 14.8 Å². The topological polar surface area (TPSA) is 39.9 Å². The van der Waals surface area contributed by atoms with Gasteiger partial charge in [0.1, 0.15) is 12.2 Å². The van der Waals surface area contributed by atoms with Crippen molar-refractivity contribution in [3.05, 3.63) is 12.2 Å². The highest BCUT2D eigenvalue weighted by Gasteiger charge is 2.62. The molecule has 2 saturated carbocycles. The summed E-state index contributed by atoms with van der Waals surface area (Å²) in [7, 11) is 0. The van der Waals surface area contributed by atoms with Gasteiger partial charge in [-0.1, -0.05) is 0 Å². The van der Waals surface area contributed by atoms with Gasteiger partial charge in [0, 0.05) is 6.04 Å². The first-order valence-corrected chi connectivity index (χ1v) is 5.38. The number of fused-ring (bicyclic) bond motifs is 1. The maximum absolute atomic E-state index is 5.51. The minimum atomic E-state index is 0.263. The Balaban J connectivity index is 1.78. The predicted octanol–water partition coefficient (Wildman–Crippen LogP) is 0.901. The van der Waals surface area contributed by atoms with Gasteiger partial charge in [-0.05, 0) is 25.2 Å². The number of ether oxygens (including phenoxy) is 1. The molecule has 4 rings (SSSR count). The number of hydrogen-bond acceptors (Lipinski definition) is 3. The number of aromatic nitrogens is 3. The highest BCUT2D eigenvalue weighted by atomic mass is 16.5. The quantitative estimate of drug-likeness (QED) is 0.697. The molecule has 4 heteroatoms. The van der Waals surface area contributed by atoms with Gasteiger partial charge in [-0.15, -0.1) is 10.2 Å². The molecule has 2 heterocycles. The predicted molar refractivity (Wildman–Crippen MR) is 48.9 cm³/mol. The first kappa shape index (κ1) is 7.40. The molecule has 2 atom stereocenters. The van der Waals surface area contributed by atoms with Crippen LogP contribution in [-0.2, 0) is 10.2 Å². The normalized spacial score (nSPS) is 39.9. The lowest BCUT2D eigenvalue weighted by molar-refractivity contribution is 0.158. The molecule has 2 aliphatic carbocycles. The van der Waals surface area contributed by atoms with Crippen molar-refractivity contribution in [2.24, 2.45) is 5.92 Å². The van der Waals surface area contributed by atoms with Gasteiger partial charge in [0.2, 0.25) is 0 Å². The Morgan fingerprint density at radius 3 is 3.07 bits per heavy atom. The van der Waals surface area contributed by atoms with Crippen molar-refractivity contribution in [1.29, 1.82) is 0 Å². The van der Waals surface area contributed by atoms with Crippen LogP contribution in [0.25, 0.3) is 0 Å². The van der Waals surface area contributed by atoms with Crippen LogP contribution < -0.4 is 0 Å². The summed E-state index contributed by atoms with van der Waals surface area (Å²) in [5, 5.41) is 8.36. The molecule has 14 heavy (non-hydrogen) atoms. The summed E-state index contributed by atoms with van der Waals surface area (Å²) in [5.74, 6) is 1.92. The van der Waals surface area contributed by atoms with Crippen LogP contribution in [0.2, 0.25) is 0 Å². The molecule has 0 bridgehead atoms. The zero-order valence-corrected chi connectivity index (χ0v) is 8.02. The van der Waals surface area contributed by atoms with E-state index < -0.39 is 0 Å². The Kier molecular flexibility index (Phi) is 1.16. The van der Waals surface area contributed by atoms with E-state index in [-0.39, 0.29) is 5.41 Å². The molecular formula is C10H13N3O. The van der Waals surface area contributed by atoms with Gasteiger partial charge < -0.3 is 9.30 Å². The highest BCUT2D eigenvalue weighted by molar-refractivity contribution is 5.26. The molecular weight excluding hydrogens is 178 g/mol. The Hall–Kier alpha value is -0.900. The molecule has 3 aliphatic rings. The first-order valence-electron chi connectivity index (χ1n) is 5.38. The summed E-state index contributed by atoms with van der Waals surface area (Å²) < 4.78 is 7.79. The second-order valence-corrected chi connectivity index (χ2v) is 4.87. The summed E-state index contributed by atoms with van der Waals surface area (Å²) in [5.41, 5.74) is 0.263. The lowest BCUT2D eigenvalue weighted by atomic mass is 10.1. The molecule has 1 saturated heterocycles. The van der Waals surface area contributed by atoms with E-state index in [1.54, 1.807) is 0 Å². The fourth-order valence-electron chi connectivity index (χ4n) is 2.72. The Labute approximate surface area is 82.3 Å². The van der Waals surface area contributed by atoms with Gasteiger partial charge in [0.05, 0.1) is 18.6 Å². The van der Waals surface area contributed by atoms with E-state index in [0.717, 1.165) is 19.1 Å². The van der Waals surface area contributed by atoms with Crippen molar-refractivity contribution >= 4 is 0 Å². The van der Waals surface area contributed by atoms with Gasteiger partial charge >= 0.3 is 0 Å². The van der Waals surface area contributed by atoms with E-state index in [1.165, 1.54) is 25.1 Å². The monoisotopic (exact) mass is 191 g/mol. The van der Waals surface area contributed by atoms with Crippen LogP contribution in [0.1, 0.15) is 31.1 Å². The van der Waals surface area contributed by atoms with Crippen LogP contribution in [0, 0.1) is 5.92 Å². The summed E-state index contributed by atoms with van der Waals surface area (Å²) in [6, 6.07) is 0.691. The molecule has 1 aromatic heterocycles. The molecule has 1 aliphatic heterocycles. The fourth-order valence-corrected chi connectivity index (χ4v) is 2.72. The molecule has 1 aromatic rings. The molecule has 0 N–H and O–H groups in total. The summed E-state index contributed by atoms with van der Waals surface area (Å²) in [6.45, 7) is 1.79. The zero-order chi connectivity index (χ0) is 9.17. The van der Waals surface area contributed by atoms with E-state index in [2.05, 4.69) is 14.8 Å². The second-order valence-electron chi connectivity index (χ2n) is 4.87. The number of rotatable bonds is 2. The van der Waals surface area contributed by atoms with Crippen LogP contribution in [-0.4, -0.2) is 28.0 Å². The standard InChI is InChI=1S/C10H13N3O/c1-2-8(1)13-6-11-12-9(13)10-3-7(10)4-14-5-10/h6-8H,1-5H2. The van der Waals surface area contributed by atoms with Crippen molar-refractivity contribution in [2.75, 3.05) is 13.2 Å². The van der Waals surface area contributed by atoms with Gasteiger partial charge in [0.15, 0.2) is 0 Å². The number of nitrogens with zero attached hydrogens (tertiary/aromatic N) is 3. The van der Waals surface area contributed by atoms with E-state index in [1.807, 2.05) is 6.33 Å². The average molecular weight is 191 g/mol. The first-order chi connectivity index (χ1) is 6.90. The molecule has 0 spiro atoms. The Morgan fingerprint density at radius 2 is 2.43 bits per heavy atom. The average Bonchev–Trinajstić information content (AvgIpc) is 3.09. The molecule has 0 amide bonds. The van der Waals surface area contributed by atoms with E-state index in [0.29, 0.717) is 6.04 Å². The molecule has 0 aromatic carbocycles. The third kappa shape index (κ3) is 0.780. The lowest BCUT2D eigenvalue weighted by Gasteiger charge is -2.11. The summed E-state index contributed by atoms with van der Waals surface area (Å²) >= 11 is 0. The zero-order valence-electron chi connectivity index (χ0n) is 8.02. The lowest BCUT2D eigenvalue weighted by Crippen LogP contribution is -2.18. The van der Waals surface area contributed by atoms with Crippen LogP contribution in [0.4, 0.5) is 0 Å². The van der Waals surface area contributed by atoms with Crippen LogP contribution in [0.3, 0.4) is 0 Å². The largest absolute Gasteiger partial charge is 0.380 e. The van der Waals surface area contributed by atoms with Crippen molar-refractivity contribution in [3.63, 3.8) is 0 Å². The maximum atomic E-state index is 5.51. The van der Waals surface area contributed by atoms with Crippen molar-refractivity contribution < 1.29 is 4.74 Å². The molecule has 3 fully saturated rings. The Bertz CT molecular complexity index is 384. The fraction of sp³-hybridized carbons (Fsp3) is 0.800. The molecule has 4 nitrogen and oxygen atoms in total. The number of hydrogen-bond donors (Lipinski definition) is 0. The van der Waals surface area contributed by atoms with Gasteiger partial charge in [-0.25, -0.2) is 0 Å². The highest BCUT2D eigenvalue weighted by Crippen LogP contribution is 2.58. The SMILES string of the molecule is c1nnc(C23COCC2C3)n1C1CC1. The van der Waals surface area contributed by atoms with E-state index in [4.69, 9.17) is 4.74 Å².